The summed E-state index contributed by atoms with van der Waals surface area (Å²) in [6.07, 6.45) is 3.82. The number of nitrogens with one attached hydrogen (secondary N) is 2. The molecule has 3 aliphatic rings. The molecule has 0 aromatic heterocycles. The normalized spacial score (nSPS) is 23.4. The first-order valence-corrected chi connectivity index (χ1v) is 12.9. The van der Waals surface area contributed by atoms with E-state index in [1.807, 2.05) is 18.2 Å². The number of ether oxygens (including phenoxy) is 3. The Kier molecular flexibility index (Phi) is 7.32. The maximum Gasteiger partial charge on any atom is 0.257 e. The molecule has 2 N–H and O–H groups in total. The minimum atomic E-state index is -0.358. The highest BCUT2D eigenvalue weighted by molar-refractivity contribution is 6.00. The van der Waals surface area contributed by atoms with Crippen LogP contribution in [-0.2, 0) is 14.3 Å². The van der Waals surface area contributed by atoms with Crippen LogP contribution >= 0.6 is 0 Å². The highest BCUT2D eigenvalue weighted by Gasteiger charge is 2.39. The number of likely N-dealkylation sites (N-methyl/N-ethyl adjacent to an activating group) is 1. The first-order valence-electron chi connectivity index (χ1n) is 12.9. The molecule has 0 spiro atoms. The lowest BCUT2D eigenvalue weighted by Gasteiger charge is -2.42. The number of hydrogen-bond acceptors (Lipinski definition) is 6. The Morgan fingerprint density at radius 3 is 2.62 bits per heavy atom. The van der Waals surface area contributed by atoms with E-state index >= 15 is 0 Å². The number of nitrogens with zero attached hydrogens (tertiary/aromatic N) is 1. The summed E-state index contributed by atoms with van der Waals surface area (Å²) >= 11 is 0. The van der Waals surface area contributed by atoms with Gasteiger partial charge >= 0.3 is 0 Å². The zero-order valence-electron chi connectivity index (χ0n) is 21.2. The third-order valence-corrected chi connectivity index (χ3v) is 7.52. The first-order chi connectivity index (χ1) is 17.9. The van der Waals surface area contributed by atoms with Crippen LogP contribution in [0.1, 0.15) is 48.9 Å². The number of anilines is 2. The average Bonchev–Trinajstić information content (AvgIpc) is 2.85. The van der Waals surface area contributed by atoms with E-state index in [0.29, 0.717) is 41.3 Å². The van der Waals surface area contributed by atoms with Crippen molar-refractivity contribution in [1.29, 1.82) is 0 Å². The van der Waals surface area contributed by atoms with Crippen molar-refractivity contribution in [3.8, 4) is 11.5 Å². The molecule has 1 saturated carbocycles. The molecular formula is C28H33N3O6. The van der Waals surface area contributed by atoms with Crippen LogP contribution < -0.4 is 20.1 Å². The Morgan fingerprint density at radius 2 is 1.86 bits per heavy atom. The Bertz CT molecular complexity index is 1180. The van der Waals surface area contributed by atoms with Crippen molar-refractivity contribution < 1.29 is 28.6 Å². The van der Waals surface area contributed by atoms with Gasteiger partial charge in [0.1, 0.15) is 24.2 Å². The molecule has 1 aliphatic carbocycles. The molecule has 2 heterocycles. The number of amides is 3. The molecule has 0 radical (unpaired) electrons. The summed E-state index contributed by atoms with van der Waals surface area (Å²) in [4.78, 5) is 40.1. The number of rotatable bonds is 6. The Morgan fingerprint density at radius 1 is 1.05 bits per heavy atom. The topological polar surface area (TPSA) is 106 Å². The van der Waals surface area contributed by atoms with Crippen LogP contribution in [0, 0.1) is 5.92 Å². The number of carbonyl (C=O) groups excluding carboxylic acids is 3. The Hall–Kier alpha value is -3.59. The van der Waals surface area contributed by atoms with Gasteiger partial charge in [-0.25, -0.2) is 0 Å². The van der Waals surface area contributed by atoms with Gasteiger partial charge in [0.15, 0.2) is 0 Å². The SMILES string of the molecule is COc1cccc(NC(=O)C[C@@H]2CC[C@@H]3[C@H](COc4ccc(NC(=O)C5CCC5)cc4C(=O)N3C)O2)c1. The maximum atomic E-state index is 13.4. The van der Waals surface area contributed by atoms with Crippen LogP contribution in [0.4, 0.5) is 11.4 Å². The predicted octanol–water partition coefficient (Wildman–Crippen LogP) is 3.84. The summed E-state index contributed by atoms with van der Waals surface area (Å²) in [7, 11) is 3.35. The molecule has 1 saturated heterocycles. The van der Waals surface area contributed by atoms with Crippen molar-refractivity contribution in [2.75, 3.05) is 31.4 Å². The van der Waals surface area contributed by atoms with Gasteiger partial charge in [-0.15, -0.1) is 0 Å². The van der Waals surface area contributed by atoms with Crippen molar-refractivity contribution in [2.45, 2.75) is 56.8 Å². The van der Waals surface area contributed by atoms with Gasteiger partial charge < -0.3 is 29.7 Å². The number of carbonyl (C=O) groups is 3. The van der Waals surface area contributed by atoms with E-state index in [2.05, 4.69) is 10.6 Å². The minimum absolute atomic E-state index is 0.000918. The zero-order valence-corrected chi connectivity index (χ0v) is 21.2. The third-order valence-electron chi connectivity index (χ3n) is 7.52. The summed E-state index contributed by atoms with van der Waals surface area (Å²) in [5, 5.41) is 5.83. The van der Waals surface area contributed by atoms with Gasteiger partial charge in [-0.2, -0.15) is 0 Å². The molecule has 3 atom stereocenters. The highest BCUT2D eigenvalue weighted by atomic mass is 16.5. The summed E-state index contributed by atoms with van der Waals surface area (Å²) in [6.45, 7) is 0.261. The van der Waals surface area contributed by atoms with Gasteiger partial charge in [0.2, 0.25) is 11.8 Å². The monoisotopic (exact) mass is 507 g/mol. The molecule has 9 nitrogen and oxygen atoms in total. The van der Waals surface area contributed by atoms with Crippen LogP contribution in [0.5, 0.6) is 11.5 Å². The highest BCUT2D eigenvalue weighted by Crippen LogP contribution is 2.33. The number of methoxy groups -OCH3 is 1. The maximum absolute atomic E-state index is 13.4. The molecule has 0 unspecified atom stereocenters. The molecule has 2 aromatic carbocycles. The molecule has 2 fully saturated rings. The Labute approximate surface area is 216 Å². The van der Waals surface area contributed by atoms with E-state index in [9.17, 15) is 14.4 Å². The summed E-state index contributed by atoms with van der Waals surface area (Å²) in [5.41, 5.74) is 1.68. The van der Waals surface area contributed by atoms with Crippen LogP contribution in [0.2, 0.25) is 0 Å². The van der Waals surface area contributed by atoms with Crippen molar-refractivity contribution in [3.05, 3.63) is 48.0 Å². The van der Waals surface area contributed by atoms with Crippen molar-refractivity contribution in [1.82, 2.24) is 4.90 Å². The van der Waals surface area contributed by atoms with Crippen LogP contribution in [0.15, 0.2) is 42.5 Å². The predicted molar refractivity (Wildman–Crippen MR) is 138 cm³/mol. The molecule has 5 rings (SSSR count). The largest absolute Gasteiger partial charge is 0.497 e. The van der Waals surface area contributed by atoms with Crippen LogP contribution in [-0.4, -0.2) is 61.6 Å². The second kappa shape index (κ2) is 10.8. The van der Waals surface area contributed by atoms with E-state index in [-0.39, 0.29) is 54.9 Å². The van der Waals surface area contributed by atoms with Gasteiger partial charge in [0.25, 0.3) is 5.91 Å². The smallest absolute Gasteiger partial charge is 0.257 e. The lowest BCUT2D eigenvalue weighted by molar-refractivity contribution is -0.130. The van der Waals surface area contributed by atoms with E-state index < -0.39 is 0 Å². The standard InChI is InChI=1S/C28H33N3O6/c1-31-23-11-10-21(15-26(32)29-18-7-4-8-20(13-18)35-2)37-25(23)16-36-24-12-9-19(14-22(24)28(31)34)30-27(33)17-5-3-6-17/h4,7-9,12-14,17,21,23,25H,3,5-6,10-11,15-16H2,1-2H3,(H,29,32)(H,30,33)/t21-,23+,25-/m0/s1. The second-order valence-corrected chi connectivity index (χ2v) is 9.98. The van der Waals surface area contributed by atoms with Gasteiger partial charge in [-0.05, 0) is 56.0 Å². The number of fused-ring (bicyclic) bond motifs is 2. The van der Waals surface area contributed by atoms with Crippen molar-refractivity contribution in [3.63, 3.8) is 0 Å². The van der Waals surface area contributed by atoms with Gasteiger partial charge in [0.05, 0.1) is 31.2 Å². The molecule has 9 heteroatoms. The molecule has 0 bridgehead atoms. The fraction of sp³-hybridized carbons (Fsp3) is 0.464. The van der Waals surface area contributed by atoms with E-state index in [0.717, 1.165) is 19.3 Å². The minimum Gasteiger partial charge on any atom is -0.497 e. The number of hydrogen-bond donors (Lipinski definition) is 2. The van der Waals surface area contributed by atoms with E-state index in [1.54, 1.807) is 43.3 Å². The van der Waals surface area contributed by atoms with E-state index in [4.69, 9.17) is 14.2 Å². The fourth-order valence-corrected chi connectivity index (χ4v) is 5.14. The van der Waals surface area contributed by atoms with Crippen molar-refractivity contribution in [2.24, 2.45) is 5.92 Å². The molecule has 2 aromatic rings. The first kappa shape index (κ1) is 25.1. The van der Waals surface area contributed by atoms with E-state index in [1.165, 1.54) is 0 Å². The van der Waals surface area contributed by atoms with Crippen LogP contribution in [0.3, 0.4) is 0 Å². The second-order valence-electron chi connectivity index (χ2n) is 9.98. The fourth-order valence-electron chi connectivity index (χ4n) is 5.14. The quantitative estimate of drug-likeness (QED) is 0.615. The van der Waals surface area contributed by atoms with Crippen molar-refractivity contribution >= 4 is 29.1 Å². The third kappa shape index (κ3) is 5.56. The summed E-state index contributed by atoms with van der Waals surface area (Å²) < 4.78 is 17.5. The van der Waals surface area contributed by atoms with Gasteiger partial charge in [-0.3, -0.25) is 14.4 Å². The Balaban J connectivity index is 1.23. The number of benzene rings is 2. The zero-order chi connectivity index (χ0) is 25.9. The molecule has 2 aliphatic heterocycles. The van der Waals surface area contributed by atoms with Gasteiger partial charge in [-0.1, -0.05) is 12.5 Å². The molecule has 3 amide bonds. The van der Waals surface area contributed by atoms with Crippen LogP contribution in [0.25, 0.3) is 0 Å². The lowest BCUT2D eigenvalue weighted by Crippen LogP contribution is -2.53. The lowest BCUT2D eigenvalue weighted by atomic mass is 9.85. The molecule has 196 valence electrons. The molecular weight excluding hydrogens is 474 g/mol. The summed E-state index contributed by atoms with van der Waals surface area (Å²) in [6, 6.07) is 12.2. The average molecular weight is 508 g/mol. The summed E-state index contributed by atoms with van der Waals surface area (Å²) in [5.74, 6) is 0.862. The molecule has 37 heavy (non-hydrogen) atoms. The van der Waals surface area contributed by atoms with Gasteiger partial charge in [0, 0.05) is 30.4 Å².